The fraction of sp³-hybridized carbons (Fsp3) is 0.300. The number of nitrogens with zero attached hydrogens (tertiary/aromatic N) is 5. The van der Waals surface area contributed by atoms with Gasteiger partial charge in [-0.2, -0.15) is 5.10 Å². The van der Waals surface area contributed by atoms with Crippen molar-refractivity contribution < 1.29 is 22.2 Å². The van der Waals surface area contributed by atoms with Crippen molar-refractivity contribution in [2.75, 3.05) is 24.4 Å². The zero-order valence-corrected chi connectivity index (χ0v) is 17.3. The third-order valence-electron chi connectivity index (χ3n) is 4.71. The van der Waals surface area contributed by atoms with Crippen molar-refractivity contribution in [2.45, 2.75) is 12.8 Å². The van der Waals surface area contributed by atoms with Crippen LogP contribution < -0.4 is 20.7 Å². The van der Waals surface area contributed by atoms with Gasteiger partial charge in [0, 0.05) is 19.0 Å². The number of para-hydroxylation sites is 1. The van der Waals surface area contributed by atoms with Gasteiger partial charge in [0.05, 0.1) is 26.8 Å². The number of ether oxygens (including phenoxy) is 1. The van der Waals surface area contributed by atoms with Gasteiger partial charge in [-0.05, 0) is 25.0 Å². The summed E-state index contributed by atoms with van der Waals surface area (Å²) in [6, 6.07) is 6.56. The van der Waals surface area contributed by atoms with E-state index in [9.17, 15) is 14.7 Å². The molecule has 0 spiro atoms. The van der Waals surface area contributed by atoms with E-state index in [1.54, 1.807) is 41.6 Å². The van der Waals surface area contributed by atoms with E-state index in [4.69, 9.17) is 7.48 Å². The highest BCUT2D eigenvalue weighted by molar-refractivity contribution is 6.00. The van der Waals surface area contributed by atoms with Crippen LogP contribution >= 0.6 is 0 Å². The van der Waals surface area contributed by atoms with Crippen LogP contribution in [0.15, 0.2) is 30.6 Å². The summed E-state index contributed by atoms with van der Waals surface area (Å²) < 4.78 is 21.5. The lowest BCUT2D eigenvalue weighted by atomic mass is 10.1. The molecule has 0 bridgehead atoms. The number of aryl methyl sites for hydroxylation is 1. The normalized spacial score (nSPS) is 14.2. The van der Waals surface area contributed by atoms with E-state index >= 15 is 0 Å². The highest BCUT2D eigenvalue weighted by Crippen LogP contribution is 2.37. The van der Waals surface area contributed by atoms with Crippen molar-refractivity contribution in [1.82, 2.24) is 30.3 Å². The van der Waals surface area contributed by atoms with Gasteiger partial charge in [0.1, 0.15) is 13.0 Å². The number of carbonyl (C=O) groups excluding carboxylic acids is 2. The second-order valence-corrected chi connectivity index (χ2v) is 7.07. The third kappa shape index (κ3) is 4.49. The summed E-state index contributed by atoms with van der Waals surface area (Å²) in [4.78, 5) is 29.0. The summed E-state index contributed by atoms with van der Waals surface area (Å²) in [5.74, 6) is -0.415. The maximum Gasteiger partial charge on any atom is 0.275 e. The number of rotatable bonds is 8. The Kier molecular flexibility index (Phi) is 5.24. The molecule has 0 unspecified atom stereocenters. The van der Waals surface area contributed by atoms with Crippen LogP contribution in [0.4, 0.5) is 17.2 Å². The molecule has 12 nitrogen and oxygen atoms in total. The average Bonchev–Trinajstić information content (AvgIpc) is 3.53. The van der Waals surface area contributed by atoms with Crippen LogP contribution in [0.2, 0.25) is 0 Å². The molecule has 1 aliphatic rings. The second kappa shape index (κ2) is 8.98. The summed E-state index contributed by atoms with van der Waals surface area (Å²) in [7, 11) is 3.20. The molecule has 1 aliphatic carbocycles. The van der Waals surface area contributed by atoms with Crippen molar-refractivity contribution in [3.05, 3.63) is 36.3 Å². The number of nitrogens with one attached hydrogen (secondary N) is 3. The number of anilines is 3. The van der Waals surface area contributed by atoms with Crippen LogP contribution in [0.3, 0.4) is 0 Å². The molecule has 2 heterocycles. The van der Waals surface area contributed by atoms with E-state index in [0.717, 1.165) is 12.8 Å². The third-order valence-corrected chi connectivity index (χ3v) is 4.71. The number of carbonyl (C=O) groups is 2. The van der Waals surface area contributed by atoms with Gasteiger partial charge in [0.25, 0.3) is 5.91 Å². The van der Waals surface area contributed by atoms with Gasteiger partial charge >= 0.3 is 0 Å². The molecule has 4 rings (SSSR count). The van der Waals surface area contributed by atoms with Gasteiger partial charge in [0.2, 0.25) is 5.91 Å². The molecule has 32 heavy (non-hydrogen) atoms. The summed E-state index contributed by atoms with van der Waals surface area (Å²) in [6.07, 6.45) is 3.13. The van der Waals surface area contributed by atoms with Crippen molar-refractivity contribution in [2.24, 2.45) is 13.0 Å². The Morgan fingerprint density at radius 3 is 2.78 bits per heavy atom. The van der Waals surface area contributed by atoms with E-state index in [-0.39, 0.29) is 29.0 Å². The van der Waals surface area contributed by atoms with Crippen molar-refractivity contribution in [1.29, 1.82) is 0 Å². The Labute approximate surface area is 185 Å². The minimum atomic E-state index is -2.98. The molecule has 12 heteroatoms. The monoisotopic (exact) mass is 440 g/mol. The molecule has 0 saturated heterocycles. The molecule has 4 N–H and O–H groups in total. The standard InChI is InChI=1S/C20H22N8O4/c1-28-9-21-18(27-28)12-4-3-5-13(17(12)32-2)23-14-8-15(24-19(30)11-6-7-11)25-26-16(14)20(31)22-10-29/h3-5,8-9,11,29H,6-7,10H2,1-2H3,(H,22,31)(H2,23,24,25,30)/i10D2. The van der Waals surface area contributed by atoms with Gasteiger partial charge in [0.15, 0.2) is 23.1 Å². The van der Waals surface area contributed by atoms with Gasteiger partial charge in [-0.25, -0.2) is 4.98 Å². The number of aromatic nitrogens is 5. The quantitative estimate of drug-likeness (QED) is 0.376. The maximum atomic E-state index is 12.6. The van der Waals surface area contributed by atoms with E-state index < -0.39 is 12.6 Å². The van der Waals surface area contributed by atoms with E-state index in [0.29, 0.717) is 22.8 Å². The zero-order valence-electron chi connectivity index (χ0n) is 19.3. The van der Waals surface area contributed by atoms with Crippen LogP contribution in [0.1, 0.15) is 26.1 Å². The molecule has 3 aromatic rings. The van der Waals surface area contributed by atoms with E-state index in [1.807, 2.05) is 0 Å². The van der Waals surface area contributed by atoms with Crippen molar-refractivity contribution >= 4 is 29.0 Å². The first-order chi connectivity index (χ1) is 16.1. The molecule has 1 fully saturated rings. The SMILES string of the molecule is [2H]C([2H])(O)NC(=O)c1nnc(NC(=O)C2CC2)cc1Nc1cccc(-c2ncn(C)n2)c1OC. The topological polar surface area (TPSA) is 156 Å². The Balaban J connectivity index is 1.72. The number of methoxy groups -OCH3 is 1. The van der Waals surface area contributed by atoms with Gasteiger partial charge < -0.3 is 25.8 Å². The van der Waals surface area contributed by atoms with Crippen molar-refractivity contribution in [3.8, 4) is 17.1 Å². The van der Waals surface area contributed by atoms with Crippen LogP contribution in [0.25, 0.3) is 11.4 Å². The molecule has 0 aliphatic heterocycles. The molecule has 1 aromatic carbocycles. The first kappa shape index (κ1) is 18.7. The molecule has 2 aromatic heterocycles. The van der Waals surface area contributed by atoms with Crippen LogP contribution in [-0.2, 0) is 11.8 Å². The lowest BCUT2D eigenvalue weighted by Crippen LogP contribution is -2.26. The first-order valence-corrected chi connectivity index (χ1v) is 9.68. The summed E-state index contributed by atoms with van der Waals surface area (Å²) >= 11 is 0. The number of benzene rings is 1. The number of hydrogen-bond acceptors (Lipinski definition) is 9. The molecular weight excluding hydrogens is 416 g/mol. The summed E-state index contributed by atoms with van der Waals surface area (Å²) in [5, 5.41) is 28.8. The van der Waals surface area contributed by atoms with Crippen molar-refractivity contribution in [3.63, 3.8) is 0 Å². The van der Waals surface area contributed by atoms with Crippen LogP contribution in [-0.4, -0.2) is 55.7 Å². The van der Waals surface area contributed by atoms with E-state index in [1.165, 1.54) is 13.2 Å². The van der Waals surface area contributed by atoms with Gasteiger partial charge in [-0.1, -0.05) is 6.07 Å². The second-order valence-electron chi connectivity index (χ2n) is 7.07. The minimum Gasteiger partial charge on any atom is -0.494 e. The minimum absolute atomic E-state index is 0.0783. The Hall–Kier alpha value is -4.06. The fourth-order valence-corrected chi connectivity index (χ4v) is 3.04. The Morgan fingerprint density at radius 2 is 2.12 bits per heavy atom. The first-order valence-electron chi connectivity index (χ1n) is 10.7. The predicted molar refractivity (Wildman–Crippen MR) is 114 cm³/mol. The lowest BCUT2D eigenvalue weighted by Gasteiger charge is -2.16. The summed E-state index contributed by atoms with van der Waals surface area (Å²) in [6.45, 7) is -2.98. The van der Waals surface area contributed by atoms with Crippen LogP contribution in [0.5, 0.6) is 5.75 Å². The lowest BCUT2D eigenvalue weighted by molar-refractivity contribution is -0.117. The Bertz CT molecular complexity index is 1240. The molecule has 166 valence electrons. The summed E-state index contributed by atoms with van der Waals surface area (Å²) in [5.41, 5.74) is 0.772. The molecular formula is C20H22N8O4. The zero-order chi connectivity index (χ0) is 24.5. The Morgan fingerprint density at radius 1 is 1.31 bits per heavy atom. The largest absolute Gasteiger partial charge is 0.494 e. The number of aliphatic hydroxyl groups is 1. The smallest absolute Gasteiger partial charge is 0.275 e. The average molecular weight is 440 g/mol. The van der Waals surface area contributed by atoms with Crippen LogP contribution in [0, 0.1) is 5.92 Å². The highest BCUT2D eigenvalue weighted by Gasteiger charge is 2.30. The van der Waals surface area contributed by atoms with Gasteiger partial charge in [-0.15, -0.1) is 10.2 Å². The van der Waals surface area contributed by atoms with Gasteiger partial charge in [-0.3, -0.25) is 14.3 Å². The number of hydrogen-bond donors (Lipinski definition) is 4. The maximum absolute atomic E-state index is 12.6. The van der Waals surface area contributed by atoms with E-state index in [2.05, 4.69) is 30.9 Å². The molecule has 2 amide bonds. The predicted octanol–water partition coefficient (Wildman–Crippen LogP) is 1.05. The molecule has 0 radical (unpaired) electrons. The molecule has 1 saturated carbocycles. The highest BCUT2D eigenvalue weighted by atomic mass is 16.5. The number of amides is 2. The molecule has 0 atom stereocenters. The fourth-order valence-electron chi connectivity index (χ4n) is 3.04.